The van der Waals surface area contributed by atoms with Crippen LogP contribution in [0.3, 0.4) is 0 Å². The maximum atomic E-state index is 13.2. The topological polar surface area (TPSA) is 144 Å². The molecule has 0 spiro atoms. The number of rotatable bonds is 19. The summed E-state index contributed by atoms with van der Waals surface area (Å²) >= 11 is 0. The van der Waals surface area contributed by atoms with Gasteiger partial charge in [-0.2, -0.15) is 23.1 Å². The summed E-state index contributed by atoms with van der Waals surface area (Å²) in [5.74, 6) is 1.69. The molecule has 4 heterocycles. The van der Waals surface area contributed by atoms with E-state index in [1.165, 1.54) is 6.07 Å². The lowest BCUT2D eigenvalue weighted by molar-refractivity contribution is -0.141. The molecule has 0 bridgehead atoms. The third kappa shape index (κ3) is 9.85. The Bertz CT molecular complexity index is 1400. The number of anilines is 5. The summed E-state index contributed by atoms with van der Waals surface area (Å²) in [5.41, 5.74) is 6.17. The molecule has 0 amide bonds. The summed E-state index contributed by atoms with van der Waals surface area (Å²) in [4.78, 5) is 29.5. The molecule has 18 heteroatoms. The van der Waals surface area contributed by atoms with E-state index >= 15 is 0 Å². The van der Waals surface area contributed by atoms with Crippen molar-refractivity contribution in [1.82, 2.24) is 24.9 Å². The Kier molecular flexibility index (Phi) is 13.9. The lowest BCUT2D eigenvalue weighted by Gasteiger charge is -2.33. The molecule has 0 radical (unpaired) electrons. The van der Waals surface area contributed by atoms with Crippen molar-refractivity contribution < 1.29 is 36.9 Å². The summed E-state index contributed by atoms with van der Waals surface area (Å²) in [5, 5.41) is 0. The van der Waals surface area contributed by atoms with Crippen LogP contribution in [0.4, 0.5) is 42.4 Å². The summed E-state index contributed by atoms with van der Waals surface area (Å²) < 4.78 is 66.5. The van der Waals surface area contributed by atoms with E-state index in [1.807, 2.05) is 9.80 Å². The molecule has 2 N–H and O–H groups in total. The highest BCUT2D eigenvalue weighted by Gasteiger charge is 2.32. The van der Waals surface area contributed by atoms with Crippen LogP contribution in [0.5, 0.6) is 0 Å². The molecule has 4 rings (SSSR count). The first kappa shape index (κ1) is 37.0. The van der Waals surface area contributed by atoms with Gasteiger partial charge < -0.3 is 38.4 Å². The number of piperidine rings is 1. The lowest BCUT2D eigenvalue weighted by Crippen LogP contribution is -2.38. The molecule has 48 heavy (non-hydrogen) atoms. The van der Waals surface area contributed by atoms with Crippen molar-refractivity contribution in [1.29, 1.82) is 0 Å². The average molecular weight is 683 g/mol. The molecule has 0 unspecified atom stereocenters. The molecule has 15 nitrogen and oxygen atoms in total. The van der Waals surface area contributed by atoms with Gasteiger partial charge >= 0.3 is 6.18 Å². The highest BCUT2D eigenvalue weighted by atomic mass is 19.4. The summed E-state index contributed by atoms with van der Waals surface area (Å²) in [6, 6.07) is 2.18. The minimum Gasteiger partial charge on any atom is -0.383 e. The van der Waals surface area contributed by atoms with E-state index in [0.717, 1.165) is 25.1 Å². The number of alkyl halides is 3. The number of ether oxygens (including phenoxy) is 5. The number of hydrazine groups is 1. The number of aromatic nitrogens is 5. The number of methoxy groups -OCH3 is 5. The number of pyridine rings is 1. The zero-order chi connectivity index (χ0) is 34.5. The van der Waals surface area contributed by atoms with Gasteiger partial charge in [-0.15, -0.1) is 0 Å². The largest absolute Gasteiger partial charge is 0.433 e. The monoisotopic (exact) mass is 682 g/mol. The second-order valence-electron chi connectivity index (χ2n) is 11.0. The minimum atomic E-state index is -4.56. The minimum absolute atomic E-state index is 0.135. The average Bonchev–Trinajstić information content (AvgIpc) is 3.10. The summed E-state index contributed by atoms with van der Waals surface area (Å²) in [6.07, 6.45) is -1.74. The highest BCUT2D eigenvalue weighted by molar-refractivity contribution is 5.95. The van der Waals surface area contributed by atoms with Crippen LogP contribution in [-0.2, 0) is 29.9 Å². The van der Waals surface area contributed by atoms with Gasteiger partial charge in [-0.1, -0.05) is 0 Å². The van der Waals surface area contributed by atoms with Gasteiger partial charge in [-0.05, 0) is 25.0 Å². The van der Waals surface area contributed by atoms with Crippen LogP contribution in [0.2, 0.25) is 0 Å². The standard InChI is InChI=1S/C30H45F3N10O5/c1-44-16-12-42(13-17-45-2)28-36-25-24(26(37-28)40-39-21-6-7-23(34-20-21)30(31,32)33)35-29(43(14-18-46-3)15-19-47-4)38-27(25)41-10-8-22(48-5)9-11-41/h6-7,20,22,39H,8-19H2,1-5H3,(H,36,37,40). The third-order valence-corrected chi connectivity index (χ3v) is 7.78. The fourth-order valence-electron chi connectivity index (χ4n) is 5.07. The summed E-state index contributed by atoms with van der Waals surface area (Å²) in [7, 11) is 8.19. The van der Waals surface area contributed by atoms with Crippen molar-refractivity contribution in [2.24, 2.45) is 0 Å². The van der Waals surface area contributed by atoms with Gasteiger partial charge in [0.1, 0.15) is 16.7 Å². The van der Waals surface area contributed by atoms with Crippen LogP contribution in [0.25, 0.3) is 11.0 Å². The van der Waals surface area contributed by atoms with Gasteiger partial charge in [0.15, 0.2) is 11.6 Å². The molecular formula is C30H45F3N10O5. The Balaban J connectivity index is 1.87. The molecule has 1 aliphatic heterocycles. The molecule has 3 aromatic rings. The van der Waals surface area contributed by atoms with Gasteiger partial charge in [-0.25, -0.2) is 15.0 Å². The Hall–Kier alpha value is -3.84. The van der Waals surface area contributed by atoms with Crippen LogP contribution >= 0.6 is 0 Å². The van der Waals surface area contributed by atoms with Gasteiger partial charge in [0, 0.05) is 74.8 Å². The van der Waals surface area contributed by atoms with E-state index in [-0.39, 0.29) is 17.6 Å². The maximum absolute atomic E-state index is 13.2. The second kappa shape index (κ2) is 18.1. The van der Waals surface area contributed by atoms with E-state index in [0.29, 0.717) is 94.4 Å². The molecule has 0 aliphatic carbocycles. The van der Waals surface area contributed by atoms with Crippen LogP contribution < -0.4 is 25.6 Å². The second-order valence-corrected chi connectivity index (χ2v) is 11.0. The van der Waals surface area contributed by atoms with Crippen molar-refractivity contribution in [3.63, 3.8) is 0 Å². The quantitative estimate of drug-likeness (QED) is 0.179. The Morgan fingerprint density at radius 1 is 0.750 bits per heavy atom. The van der Waals surface area contributed by atoms with Crippen molar-refractivity contribution in [3.05, 3.63) is 24.0 Å². The van der Waals surface area contributed by atoms with E-state index < -0.39 is 11.9 Å². The van der Waals surface area contributed by atoms with Crippen molar-refractivity contribution >= 4 is 40.3 Å². The zero-order valence-electron chi connectivity index (χ0n) is 28.0. The first-order valence-electron chi connectivity index (χ1n) is 15.6. The number of fused-ring (bicyclic) bond motifs is 1. The zero-order valence-corrected chi connectivity index (χ0v) is 28.0. The SMILES string of the molecule is COCCN(CCOC)c1nc(N2CCC(OC)CC2)c2nc(N(CCOC)CCOC)nc(NNc3ccc(C(F)(F)F)nc3)c2n1. The first-order valence-corrected chi connectivity index (χ1v) is 15.6. The van der Waals surface area contributed by atoms with Crippen LogP contribution in [-0.4, -0.2) is 132 Å². The molecular weight excluding hydrogens is 637 g/mol. The maximum Gasteiger partial charge on any atom is 0.433 e. The summed E-state index contributed by atoms with van der Waals surface area (Å²) in [6.45, 7) is 4.95. The van der Waals surface area contributed by atoms with E-state index in [2.05, 4.69) is 20.7 Å². The van der Waals surface area contributed by atoms with Gasteiger partial charge in [0.2, 0.25) is 11.9 Å². The van der Waals surface area contributed by atoms with Crippen LogP contribution in [0, 0.1) is 0 Å². The van der Waals surface area contributed by atoms with E-state index in [4.69, 9.17) is 43.6 Å². The van der Waals surface area contributed by atoms with Gasteiger partial charge in [0.25, 0.3) is 0 Å². The van der Waals surface area contributed by atoms with Crippen molar-refractivity contribution in [2.45, 2.75) is 25.1 Å². The number of halogens is 3. The molecule has 1 saturated heterocycles. The predicted octanol–water partition coefficient (Wildman–Crippen LogP) is 3.09. The Morgan fingerprint density at radius 2 is 1.29 bits per heavy atom. The van der Waals surface area contributed by atoms with Crippen molar-refractivity contribution in [2.75, 3.05) is 127 Å². The molecule has 1 fully saturated rings. The lowest BCUT2D eigenvalue weighted by atomic mass is 10.1. The molecule has 0 saturated carbocycles. The highest BCUT2D eigenvalue weighted by Crippen LogP contribution is 2.33. The fourth-order valence-corrected chi connectivity index (χ4v) is 5.07. The number of hydrogen-bond acceptors (Lipinski definition) is 15. The molecule has 0 atom stereocenters. The van der Waals surface area contributed by atoms with Crippen LogP contribution in [0.15, 0.2) is 18.3 Å². The third-order valence-electron chi connectivity index (χ3n) is 7.78. The molecule has 1 aliphatic rings. The van der Waals surface area contributed by atoms with E-state index in [1.54, 1.807) is 35.5 Å². The number of hydrogen-bond donors (Lipinski definition) is 2. The number of nitrogens with zero attached hydrogens (tertiary/aromatic N) is 8. The number of nitrogens with one attached hydrogen (secondary N) is 2. The smallest absolute Gasteiger partial charge is 0.383 e. The predicted molar refractivity (Wildman–Crippen MR) is 176 cm³/mol. The normalized spacial score (nSPS) is 14.0. The Labute approximate surface area is 278 Å². The van der Waals surface area contributed by atoms with Crippen LogP contribution in [0.1, 0.15) is 18.5 Å². The Morgan fingerprint density at radius 3 is 1.77 bits per heavy atom. The fraction of sp³-hybridized carbons (Fsp3) is 0.633. The van der Waals surface area contributed by atoms with Gasteiger partial charge in [0.05, 0.1) is 44.4 Å². The first-order chi connectivity index (χ1) is 23.2. The van der Waals surface area contributed by atoms with Crippen molar-refractivity contribution in [3.8, 4) is 0 Å². The molecule has 3 aromatic heterocycles. The molecule has 0 aromatic carbocycles. The van der Waals surface area contributed by atoms with E-state index in [9.17, 15) is 13.2 Å². The molecule has 266 valence electrons. The van der Waals surface area contributed by atoms with Gasteiger partial charge in [-0.3, -0.25) is 10.9 Å².